The molecule has 1 aromatic heterocycles. The maximum Gasteiger partial charge on any atom is 0.303 e. The number of hydrogen-bond acceptors (Lipinski definition) is 4. The number of carboxylic acid groups (broad SMARTS) is 1. The third kappa shape index (κ3) is 6.14. The smallest absolute Gasteiger partial charge is 0.303 e. The Kier molecular flexibility index (Phi) is 7.22. The third-order valence-electron chi connectivity index (χ3n) is 2.97. The van der Waals surface area contributed by atoms with Gasteiger partial charge in [-0.15, -0.1) is 11.3 Å². The molecule has 0 aliphatic rings. The molecule has 0 saturated heterocycles. The van der Waals surface area contributed by atoms with Gasteiger partial charge in [-0.3, -0.25) is 9.59 Å². The van der Waals surface area contributed by atoms with Crippen molar-refractivity contribution in [1.29, 1.82) is 0 Å². The number of hydrogen-bond donors (Lipinski definition) is 2. The molecule has 1 rings (SSSR count). The predicted octanol–water partition coefficient (Wildman–Crippen LogP) is 2.91. The van der Waals surface area contributed by atoms with E-state index in [-0.39, 0.29) is 12.3 Å². The molecule has 112 valence electrons. The molecule has 1 aromatic rings. The van der Waals surface area contributed by atoms with Gasteiger partial charge in [-0.1, -0.05) is 19.3 Å². The van der Waals surface area contributed by atoms with Crippen LogP contribution in [-0.2, 0) is 4.79 Å². The molecular weight excluding hydrogens is 276 g/mol. The molecule has 0 unspecified atom stereocenters. The van der Waals surface area contributed by atoms with Crippen LogP contribution in [0.25, 0.3) is 0 Å². The molecule has 0 atom stereocenters. The molecule has 1 heterocycles. The predicted molar refractivity (Wildman–Crippen MR) is 79.3 cm³/mol. The highest BCUT2D eigenvalue weighted by Gasteiger charge is 2.12. The van der Waals surface area contributed by atoms with Gasteiger partial charge < -0.3 is 10.4 Å². The fraction of sp³-hybridized carbons (Fsp3) is 0.643. The van der Waals surface area contributed by atoms with E-state index in [9.17, 15) is 9.59 Å². The van der Waals surface area contributed by atoms with Gasteiger partial charge in [-0.05, 0) is 26.7 Å². The molecular formula is C14H22N2O3S. The van der Waals surface area contributed by atoms with E-state index in [1.807, 2.05) is 13.8 Å². The van der Waals surface area contributed by atoms with Crippen LogP contribution >= 0.6 is 11.3 Å². The second-order valence-electron chi connectivity index (χ2n) is 4.81. The summed E-state index contributed by atoms with van der Waals surface area (Å²) in [4.78, 5) is 27.3. The van der Waals surface area contributed by atoms with Crippen LogP contribution in [0.5, 0.6) is 0 Å². The van der Waals surface area contributed by atoms with E-state index in [0.717, 1.165) is 42.0 Å². The lowest BCUT2D eigenvalue weighted by Crippen LogP contribution is -2.25. The van der Waals surface area contributed by atoms with Gasteiger partial charge in [0.1, 0.15) is 5.69 Å². The van der Waals surface area contributed by atoms with Crippen molar-refractivity contribution in [3.8, 4) is 0 Å². The Morgan fingerprint density at radius 3 is 2.40 bits per heavy atom. The molecule has 0 aliphatic carbocycles. The van der Waals surface area contributed by atoms with Crippen molar-refractivity contribution in [1.82, 2.24) is 10.3 Å². The van der Waals surface area contributed by atoms with E-state index in [0.29, 0.717) is 12.2 Å². The van der Waals surface area contributed by atoms with Crippen LogP contribution in [0, 0.1) is 13.8 Å². The molecule has 0 spiro atoms. The van der Waals surface area contributed by atoms with Crippen LogP contribution in [-0.4, -0.2) is 28.5 Å². The summed E-state index contributed by atoms with van der Waals surface area (Å²) in [5, 5.41) is 12.3. The maximum absolute atomic E-state index is 11.9. The minimum atomic E-state index is -0.730. The molecule has 0 bridgehead atoms. The first kappa shape index (κ1) is 16.6. The van der Waals surface area contributed by atoms with Gasteiger partial charge >= 0.3 is 5.97 Å². The molecule has 5 nitrogen and oxygen atoms in total. The summed E-state index contributed by atoms with van der Waals surface area (Å²) in [6.07, 6.45) is 4.86. The fourth-order valence-electron chi connectivity index (χ4n) is 1.96. The standard InChI is InChI=1S/C14H22N2O3S/c1-10-13(16-11(2)20-10)14(19)15-9-7-5-3-4-6-8-12(17)18/h3-9H2,1-2H3,(H,15,19)(H,17,18). The van der Waals surface area contributed by atoms with Crippen LogP contribution < -0.4 is 5.32 Å². The largest absolute Gasteiger partial charge is 0.481 e. The average molecular weight is 298 g/mol. The SMILES string of the molecule is Cc1nc(C(=O)NCCCCCCCC(=O)O)c(C)s1. The third-order valence-corrected chi connectivity index (χ3v) is 3.86. The number of nitrogens with one attached hydrogen (secondary N) is 1. The number of aromatic nitrogens is 1. The van der Waals surface area contributed by atoms with Crippen molar-refractivity contribution < 1.29 is 14.7 Å². The van der Waals surface area contributed by atoms with E-state index in [1.54, 1.807) is 0 Å². The van der Waals surface area contributed by atoms with Crippen LogP contribution in [0.2, 0.25) is 0 Å². The van der Waals surface area contributed by atoms with E-state index in [4.69, 9.17) is 5.11 Å². The number of amides is 1. The molecule has 0 aliphatic heterocycles. The fourth-order valence-corrected chi connectivity index (χ4v) is 2.77. The Morgan fingerprint density at radius 1 is 1.15 bits per heavy atom. The highest BCUT2D eigenvalue weighted by molar-refractivity contribution is 7.11. The van der Waals surface area contributed by atoms with Crippen molar-refractivity contribution in [3.63, 3.8) is 0 Å². The van der Waals surface area contributed by atoms with Crippen molar-refractivity contribution in [3.05, 3.63) is 15.6 Å². The molecule has 0 fully saturated rings. The molecule has 20 heavy (non-hydrogen) atoms. The zero-order valence-electron chi connectivity index (χ0n) is 12.1. The Morgan fingerprint density at radius 2 is 1.80 bits per heavy atom. The normalized spacial score (nSPS) is 10.5. The Labute approximate surface area is 123 Å². The Hall–Kier alpha value is -1.43. The summed E-state index contributed by atoms with van der Waals surface area (Å²) in [6, 6.07) is 0. The number of carboxylic acids is 1. The molecule has 0 aromatic carbocycles. The van der Waals surface area contributed by atoms with Gasteiger partial charge in [0, 0.05) is 17.8 Å². The average Bonchev–Trinajstić information content (AvgIpc) is 2.71. The Bertz CT molecular complexity index is 457. The molecule has 1 amide bonds. The molecule has 2 N–H and O–H groups in total. The van der Waals surface area contributed by atoms with Gasteiger partial charge in [0.2, 0.25) is 0 Å². The van der Waals surface area contributed by atoms with E-state index in [1.165, 1.54) is 11.3 Å². The van der Waals surface area contributed by atoms with Crippen molar-refractivity contribution in [2.45, 2.75) is 52.4 Å². The van der Waals surface area contributed by atoms with Gasteiger partial charge in [0.25, 0.3) is 5.91 Å². The second-order valence-corrected chi connectivity index (χ2v) is 6.21. The zero-order valence-corrected chi connectivity index (χ0v) is 12.9. The summed E-state index contributed by atoms with van der Waals surface area (Å²) >= 11 is 1.53. The minimum absolute atomic E-state index is 0.0993. The molecule has 0 radical (unpaired) electrons. The highest BCUT2D eigenvalue weighted by atomic mass is 32.1. The van der Waals surface area contributed by atoms with E-state index < -0.39 is 5.97 Å². The first-order valence-corrected chi connectivity index (χ1v) is 7.76. The first-order valence-electron chi connectivity index (χ1n) is 6.94. The van der Waals surface area contributed by atoms with Crippen LogP contribution in [0.3, 0.4) is 0 Å². The maximum atomic E-state index is 11.9. The zero-order chi connectivity index (χ0) is 15.0. The number of thiazole rings is 1. The number of rotatable bonds is 9. The Balaban J connectivity index is 2.08. The summed E-state index contributed by atoms with van der Waals surface area (Å²) in [5.41, 5.74) is 0.536. The summed E-state index contributed by atoms with van der Waals surface area (Å²) in [7, 11) is 0. The number of unbranched alkanes of at least 4 members (excludes halogenated alkanes) is 4. The van der Waals surface area contributed by atoms with Crippen LogP contribution in [0.4, 0.5) is 0 Å². The topological polar surface area (TPSA) is 79.3 Å². The second kappa shape index (κ2) is 8.68. The van der Waals surface area contributed by atoms with E-state index >= 15 is 0 Å². The lowest BCUT2D eigenvalue weighted by Gasteiger charge is -2.04. The number of carbonyl (C=O) groups excluding carboxylic acids is 1. The number of carbonyl (C=O) groups is 2. The minimum Gasteiger partial charge on any atom is -0.481 e. The van der Waals surface area contributed by atoms with Gasteiger partial charge in [-0.2, -0.15) is 0 Å². The molecule has 0 saturated carbocycles. The van der Waals surface area contributed by atoms with E-state index in [2.05, 4.69) is 10.3 Å². The van der Waals surface area contributed by atoms with Crippen LogP contribution in [0.1, 0.15) is 58.9 Å². The highest BCUT2D eigenvalue weighted by Crippen LogP contribution is 2.16. The summed E-state index contributed by atoms with van der Waals surface area (Å²) in [5.74, 6) is -0.830. The van der Waals surface area contributed by atoms with Gasteiger partial charge in [-0.25, -0.2) is 4.98 Å². The number of aliphatic carboxylic acids is 1. The lowest BCUT2D eigenvalue weighted by molar-refractivity contribution is -0.137. The quantitative estimate of drug-likeness (QED) is 0.687. The monoisotopic (exact) mass is 298 g/mol. The van der Waals surface area contributed by atoms with Crippen molar-refractivity contribution in [2.24, 2.45) is 0 Å². The summed E-state index contributed by atoms with van der Waals surface area (Å²) in [6.45, 7) is 4.45. The number of aryl methyl sites for hydroxylation is 2. The van der Waals surface area contributed by atoms with Gasteiger partial charge in [0.15, 0.2) is 0 Å². The number of nitrogens with zero attached hydrogens (tertiary/aromatic N) is 1. The summed E-state index contributed by atoms with van der Waals surface area (Å²) < 4.78 is 0. The van der Waals surface area contributed by atoms with Gasteiger partial charge in [0.05, 0.1) is 5.01 Å². The lowest BCUT2D eigenvalue weighted by atomic mass is 10.1. The first-order chi connectivity index (χ1) is 9.50. The van der Waals surface area contributed by atoms with Crippen molar-refractivity contribution >= 4 is 23.2 Å². The molecule has 6 heteroatoms. The van der Waals surface area contributed by atoms with Crippen LogP contribution in [0.15, 0.2) is 0 Å². The van der Waals surface area contributed by atoms with Crippen molar-refractivity contribution in [2.75, 3.05) is 6.54 Å².